The summed E-state index contributed by atoms with van der Waals surface area (Å²) in [6.45, 7) is 10.1. The lowest BCUT2D eigenvalue weighted by molar-refractivity contribution is 0.108. The first-order chi connectivity index (χ1) is 9.17. The van der Waals surface area contributed by atoms with Crippen LogP contribution in [0.5, 0.6) is 0 Å². The van der Waals surface area contributed by atoms with E-state index in [-0.39, 0.29) is 5.12 Å². The lowest BCUT2D eigenvalue weighted by atomic mass is 9.94. The number of rotatable bonds is 7. The highest BCUT2D eigenvalue weighted by Gasteiger charge is 2.16. The number of hydrogen-bond donors (Lipinski definition) is 0. The van der Waals surface area contributed by atoms with E-state index in [1.54, 1.807) is 0 Å². The molecule has 0 aliphatic rings. The van der Waals surface area contributed by atoms with E-state index in [2.05, 4.69) is 39.5 Å². The zero-order valence-corrected chi connectivity index (χ0v) is 13.1. The largest absolute Gasteiger partial charge is 0.282 e. The van der Waals surface area contributed by atoms with Gasteiger partial charge >= 0.3 is 0 Å². The Balaban J connectivity index is 3.09. The molecule has 0 aromatic heterocycles. The van der Waals surface area contributed by atoms with Gasteiger partial charge in [-0.2, -0.15) is 0 Å². The molecule has 0 atom stereocenters. The molecule has 0 saturated heterocycles. The Kier molecular flexibility index (Phi) is 6.93. The van der Waals surface area contributed by atoms with E-state index in [1.165, 1.54) is 28.5 Å². The molecule has 0 bridgehead atoms. The Morgan fingerprint density at radius 1 is 1.16 bits per heavy atom. The summed E-state index contributed by atoms with van der Waals surface area (Å²) in [6, 6.07) is 4.39. The molecule has 0 aliphatic carbocycles. The van der Waals surface area contributed by atoms with Crippen molar-refractivity contribution < 1.29 is 4.79 Å². The van der Waals surface area contributed by atoms with Crippen molar-refractivity contribution in [1.82, 2.24) is 0 Å². The number of carbonyl (C=O) groups excluding carboxylic acids is 1. The summed E-state index contributed by atoms with van der Waals surface area (Å²) in [6.07, 6.45) is 5.61. The highest BCUT2D eigenvalue weighted by atomic mass is 32.2. The lowest BCUT2D eigenvalue weighted by Gasteiger charge is -2.14. The summed E-state index contributed by atoms with van der Waals surface area (Å²) >= 11 is 1.42. The van der Waals surface area contributed by atoms with Gasteiger partial charge in [0.2, 0.25) is 5.12 Å². The maximum absolute atomic E-state index is 12.4. The van der Waals surface area contributed by atoms with Gasteiger partial charge in [-0.1, -0.05) is 50.7 Å². The smallest absolute Gasteiger partial charge is 0.219 e. The number of thioether (sulfide) groups is 1. The van der Waals surface area contributed by atoms with Gasteiger partial charge in [0, 0.05) is 11.3 Å². The van der Waals surface area contributed by atoms with Crippen LogP contribution in [0.3, 0.4) is 0 Å². The molecule has 1 rings (SSSR count). The van der Waals surface area contributed by atoms with Gasteiger partial charge in [-0.3, -0.25) is 4.79 Å². The first-order valence-corrected chi connectivity index (χ1v) is 8.09. The molecular weight excluding hydrogens is 252 g/mol. The average Bonchev–Trinajstić information content (AvgIpc) is 2.45. The number of aryl methyl sites for hydroxylation is 3. The van der Waals surface area contributed by atoms with Crippen molar-refractivity contribution in [2.45, 2.75) is 46.5 Å². The van der Waals surface area contributed by atoms with Gasteiger partial charge in [-0.25, -0.2) is 0 Å². The van der Waals surface area contributed by atoms with Gasteiger partial charge in [0.15, 0.2) is 0 Å². The van der Waals surface area contributed by atoms with Crippen LogP contribution in [0, 0.1) is 0 Å². The minimum Gasteiger partial charge on any atom is -0.282 e. The second-order valence-electron chi connectivity index (χ2n) is 4.56. The molecular formula is C17H24OS. The van der Waals surface area contributed by atoms with E-state index in [4.69, 9.17) is 0 Å². The fourth-order valence-corrected chi connectivity index (χ4v) is 3.05. The number of hydrogen-bond acceptors (Lipinski definition) is 2. The lowest BCUT2D eigenvalue weighted by Crippen LogP contribution is -2.06. The van der Waals surface area contributed by atoms with Crippen LogP contribution in [0.4, 0.5) is 0 Å². The van der Waals surface area contributed by atoms with Crippen LogP contribution in [-0.4, -0.2) is 10.9 Å². The van der Waals surface area contributed by atoms with E-state index in [9.17, 15) is 4.79 Å². The Morgan fingerprint density at radius 2 is 1.74 bits per heavy atom. The van der Waals surface area contributed by atoms with E-state index < -0.39 is 0 Å². The summed E-state index contributed by atoms with van der Waals surface area (Å²) in [5.74, 6) is 0.824. The maximum Gasteiger partial charge on any atom is 0.219 e. The van der Waals surface area contributed by atoms with Gasteiger partial charge in [-0.05, 0) is 42.4 Å². The van der Waals surface area contributed by atoms with Crippen molar-refractivity contribution in [3.05, 3.63) is 47.0 Å². The molecule has 0 aliphatic heterocycles. The SMILES string of the molecule is C=CCCSC(=O)c1c(CC)cc(CC)cc1CC. The number of carbonyl (C=O) groups is 1. The first kappa shape index (κ1) is 16.0. The van der Waals surface area contributed by atoms with Crippen LogP contribution in [0.2, 0.25) is 0 Å². The topological polar surface area (TPSA) is 17.1 Å². The van der Waals surface area contributed by atoms with Gasteiger partial charge in [0.05, 0.1) is 0 Å². The quantitative estimate of drug-likeness (QED) is 0.524. The predicted octanol–water partition coefficient (Wildman–Crippen LogP) is 4.82. The minimum atomic E-state index is 0.221. The fourth-order valence-electron chi connectivity index (χ4n) is 2.17. The number of benzene rings is 1. The summed E-state index contributed by atoms with van der Waals surface area (Å²) in [4.78, 5) is 12.4. The molecule has 19 heavy (non-hydrogen) atoms. The highest BCUT2D eigenvalue weighted by Crippen LogP contribution is 2.25. The zero-order valence-electron chi connectivity index (χ0n) is 12.3. The van der Waals surface area contributed by atoms with E-state index in [1.807, 2.05) is 6.08 Å². The molecule has 1 aromatic carbocycles. The van der Waals surface area contributed by atoms with Crippen molar-refractivity contribution in [1.29, 1.82) is 0 Å². The second kappa shape index (κ2) is 8.21. The van der Waals surface area contributed by atoms with Crippen LogP contribution < -0.4 is 0 Å². The van der Waals surface area contributed by atoms with Gasteiger partial charge in [-0.15, -0.1) is 6.58 Å². The van der Waals surface area contributed by atoms with Crippen LogP contribution >= 0.6 is 11.8 Å². The molecule has 0 fully saturated rings. The van der Waals surface area contributed by atoms with E-state index in [0.717, 1.165) is 37.0 Å². The first-order valence-electron chi connectivity index (χ1n) is 7.10. The second-order valence-corrected chi connectivity index (χ2v) is 5.63. The molecule has 0 heterocycles. The third kappa shape index (κ3) is 4.24. The van der Waals surface area contributed by atoms with Crippen molar-refractivity contribution in [2.24, 2.45) is 0 Å². The standard InChI is InChI=1S/C17H24OS/c1-5-9-10-19-17(18)16-14(7-3)11-13(6-2)12-15(16)8-4/h5,11-12H,1,6-10H2,2-4H3. The van der Waals surface area contributed by atoms with Gasteiger partial charge in [0.1, 0.15) is 0 Å². The number of allylic oxidation sites excluding steroid dienone is 1. The Labute approximate surface area is 121 Å². The van der Waals surface area contributed by atoms with Gasteiger partial charge < -0.3 is 0 Å². The van der Waals surface area contributed by atoms with E-state index in [0.29, 0.717) is 0 Å². The zero-order chi connectivity index (χ0) is 14.3. The molecule has 104 valence electrons. The molecule has 1 nitrogen and oxygen atoms in total. The summed E-state index contributed by atoms with van der Waals surface area (Å²) in [5.41, 5.74) is 4.69. The molecule has 0 spiro atoms. The summed E-state index contributed by atoms with van der Waals surface area (Å²) in [5, 5.41) is 0.221. The third-order valence-corrected chi connectivity index (χ3v) is 4.20. The van der Waals surface area contributed by atoms with Crippen LogP contribution in [0.1, 0.15) is 54.2 Å². The Bertz CT molecular complexity index is 424. The Hall–Kier alpha value is -1.02. The average molecular weight is 276 g/mol. The maximum atomic E-state index is 12.4. The summed E-state index contributed by atoms with van der Waals surface area (Å²) < 4.78 is 0. The van der Waals surface area contributed by atoms with Crippen LogP contribution in [-0.2, 0) is 19.3 Å². The third-order valence-electron chi connectivity index (χ3n) is 3.29. The van der Waals surface area contributed by atoms with Gasteiger partial charge in [0.25, 0.3) is 0 Å². The minimum absolute atomic E-state index is 0.221. The molecule has 0 amide bonds. The monoisotopic (exact) mass is 276 g/mol. The normalized spacial score (nSPS) is 10.5. The molecule has 1 aromatic rings. The van der Waals surface area contributed by atoms with Crippen molar-refractivity contribution in [2.75, 3.05) is 5.75 Å². The van der Waals surface area contributed by atoms with Crippen LogP contribution in [0.25, 0.3) is 0 Å². The Morgan fingerprint density at radius 3 is 2.16 bits per heavy atom. The van der Waals surface area contributed by atoms with Crippen molar-refractivity contribution >= 4 is 16.9 Å². The molecule has 0 N–H and O–H groups in total. The predicted molar refractivity (Wildman–Crippen MR) is 86.2 cm³/mol. The molecule has 0 saturated carbocycles. The summed E-state index contributed by atoms with van der Waals surface area (Å²) in [7, 11) is 0. The molecule has 0 unspecified atom stereocenters. The molecule has 2 heteroatoms. The fraction of sp³-hybridized carbons (Fsp3) is 0.471. The highest BCUT2D eigenvalue weighted by molar-refractivity contribution is 8.14. The molecule has 0 radical (unpaired) electrons. The van der Waals surface area contributed by atoms with Crippen LogP contribution in [0.15, 0.2) is 24.8 Å². The van der Waals surface area contributed by atoms with E-state index >= 15 is 0 Å². The van der Waals surface area contributed by atoms with Crippen molar-refractivity contribution in [3.63, 3.8) is 0 Å². The van der Waals surface area contributed by atoms with Crippen molar-refractivity contribution in [3.8, 4) is 0 Å².